The first-order valence-corrected chi connectivity index (χ1v) is 10.4. The molecular formula is C24H22N2O8. The standard InChI is InChI=1S/C24H22N2O8/c1-31-11-13-33-23(29)25-17-9-5-3-7-15(17)21(27)19(25)20-22(28)16-8-4-6-10-18(16)26(20)24(30)34-14-12-32-2/h3-10H,11-14H2,1-2H3/b20-19+. The molecule has 10 heteroatoms. The fourth-order valence-corrected chi connectivity index (χ4v) is 3.78. The molecule has 2 aromatic rings. The number of amides is 2. The van der Waals surface area contributed by atoms with Gasteiger partial charge in [-0.15, -0.1) is 0 Å². The maximum absolute atomic E-state index is 13.5. The molecule has 0 aromatic heterocycles. The van der Waals surface area contributed by atoms with Crippen LogP contribution in [-0.2, 0) is 18.9 Å². The number of nitrogens with zero attached hydrogens (tertiary/aromatic N) is 2. The van der Waals surface area contributed by atoms with Crippen LogP contribution in [0.1, 0.15) is 20.7 Å². The average molecular weight is 466 g/mol. The third-order valence-corrected chi connectivity index (χ3v) is 5.27. The van der Waals surface area contributed by atoms with Crippen LogP contribution in [0.3, 0.4) is 0 Å². The quantitative estimate of drug-likeness (QED) is 0.471. The number of Topliss-reactive ketones (excluding diaryl/α,β-unsaturated/α-hetero) is 2. The van der Waals surface area contributed by atoms with Crippen LogP contribution in [0.2, 0.25) is 0 Å². The van der Waals surface area contributed by atoms with Crippen molar-refractivity contribution >= 4 is 35.1 Å². The van der Waals surface area contributed by atoms with Crippen molar-refractivity contribution in [2.24, 2.45) is 0 Å². The highest BCUT2D eigenvalue weighted by molar-refractivity contribution is 6.33. The number of carbonyl (C=O) groups excluding carboxylic acids is 4. The molecule has 34 heavy (non-hydrogen) atoms. The number of allylic oxidation sites excluding steroid dienone is 2. The lowest BCUT2D eigenvalue weighted by molar-refractivity contribution is 0.0972. The Morgan fingerprint density at radius 1 is 0.647 bits per heavy atom. The van der Waals surface area contributed by atoms with E-state index in [-0.39, 0.29) is 60.3 Å². The Morgan fingerprint density at radius 3 is 1.41 bits per heavy atom. The fraction of sp³-hybridized carbons (Fsp3) is 0.250. The van der Waals surface area contributed by atoms with Crippen molar-refractivity contribution in [3.8, 4) is 0 Å². The van der Waals surface area contributed by atoms with Crippen LogP contribution in [0.5, 0.6) is 0 Å². The van der Waals surface area contributed by atoms with Crippen LogP contribution in [0.4, 0.5) is 21.0 Å². The van der Waals surface area contributed by atoms with Crippen LogP contribution >= 0.6 is 0 Å². The zero-order chi connectivity index (χ0) is 24.2. The zero-order valence-electron chi connectivity index (χ0n) is 18.6. The van der Waals surface area contributed by atoms with Gasteiger partial charge in [0, 0.05) is 25.3 Å². The summed E-state index contributed by atoms with van der Waals surface area (Å²) in [6, 6.07) is 12.8. The summed E-state index contributed by atoms with van der Waals surface area (Å²) < 4.78 is 20.4. The first kappa shape index (κ1) is 23.1. The molecule has 2 aliphatic rings. The molecule has 0 atom stereocenters. The number of ketones is 2. The van der Waals surface area contributed by atoms with E-state index in [2.05, 4.69) is 0 Å². The molecule has 10 nitrogen and oxygen atoms in total. The van der Waals surface area contributed by atoms with Gasteiger partial charge in [0.05, 0.1) is 24.6 Å². The van der Waals surface area contributed by atoms with E-state index >= 15 is 0 Å². The van der Waals surface area contributed by atoms with Gasteiger partial charge < -0.3 is 18.9 Å². The average Bonchev–Trinajstić information content (AvgIpc) is 3.30. The third-order valence-electron chi connectivity index (χ3n) is 5.27. The van der Waals surface area contributed by atoms with Crippen LogP contribution in [0.25, 0.3) is 0 Å². The summed E-state index contributed by atoms with van der Waals surface area (Å²) in [4.78, 5) is 55.1. The minimum atomic E-state index is -0.880. The summed E-state index contributed by atoms with van der Waals surface area (Å²) in [7, 11) is 2.91. The molecule has 0 spiro atoms. The summed E-state index contributed by atoms with van der Waals surface area (Å²) in [5.41, 5.74) is 0.319. The Labute approximate surface area is 195 Å². The molecule has 2 aliphatic heterocycles. The zero-order valence-corrected chi connectivity index (χ0v) is 18.6. The number of benzene rings is 2. The molecule has 0 aliphatic carbocycles. The summed E-state index contributed by atoms with van der Waals surface area (Å²) in [5.74, 6) is -1.18. The smallest absolute Gasteiger partial charge is 0.419 e. The van der Waals surface area contributed by atoms with Gasteiger partial charge in [-0.05, 0) is 24.3 Å². The first-order chi connectivity index (χ1) is 16.5. The van der Waals surface area contributed by atoms with Gasteiger partial charge in [-0.1, -0.05) is 24.3 Å². The van der Waals surface area contributed by atoms with Gasteiger partial charge in [-0.3, -0.25) is 9.59 Å². The van der Waals surface area contributed by atoms with E-state index in [9.17, 15) is 19.2 Å². The van der Waals surface area contributed by atoms with Gasteiger partial charge in [-0.25, -0.2) is 19.4 Å². The number of para-hydroxylation sites is 2. The number of hydrogen-bond donors (Lipinski definition) is 0. The van der Waals surface area contributed by atoms with Crippen molar-refractivity contribution in [2.45, 2.75) is 0 Å². The number of methoxy groups -OCH3 is 2. The molecule has 2 amide bonds. The lowest BCUT2D eigenvalue weighted by Gasteiger charge is -2.23. The number of anilines is 2. The second-order valence-electron chi connectivity index (χ2n) is 7.27. The monoisotopic (exact) mass is 466 g/mol. The molecule has 4 rings (SSSR count). The van der Waals surface area contributed by atoms with Crippen molar-refractivity contribution in [2.75, 3.05) is 50.4 Å². The van der Waals surface area contributed by atoms with Crippen LogP contribution in [-0.4, -0.2) is 64.4 Å². The molecule has 0 saturated carbocycles. The van der Waals surface area contributed by atoms with E-state index < -0.39 is 23.8 Å². The van der Waals surface area contributed by atoms with Gasteiger partial charge >= 0.3 is 12.2 Å². The summed E-state index contributed by atoms with van der Waals surface area (Å²) >= 11 is 0. The molecule has 0 bridgehead atoms. The van der Waals surface area contributed by atoms with Gasteiger partial charge in [0.15, 0.2) is 0 Å². The normalized spacial score (nSPS) is 16.5. The van der Waals surface area contributed by atoms with E-state index in [1.54, 1.807) is 36.4 Å². The molecule has 0 unspecified atom stereocenters. The van der Waals surface area contributed by atoms with Gasteiger partial charge in [0.2, 0.25) is 11.6 Å². The number of carbonyl (C=O) groups is 4. The van der Waals surface area contributed by atoms with Crippen molar-refractivity contribution in [1.29, 1.82) is 0 Å². The lowest BCUT2D eigenvalue weighted by Crippen LogP contribution is -2.37. The second-order valence-corrected chi connectivity index (χ2v) is 7.27. The molecule has 0 fully saturated rings. The molecule has 176 valence electrons. The summed E-state index contributed by atoms with van der Waals surface area (Å²) in [6.45, 7) is 0.149. The minimum Gasteiger partial charge on any atom is -0.446 e. The summed E-state index contributed by atoms with van der Waals surface area (Å²) in [6.07, 6.45) is -1.76. The highest BCUT2D eigenvalue weighted by Crippen LogP contribution is 2.43. The largest absolute Gasteiger partial charge is 0.446 e. The van der Waals surface area contributed by atoms with Crippen molar-refractivity contribution < 1.29 is 38.1 Å². The molecule has 2 aromatic carbocycles. The van der Waals surface area contributed by atoms with Crippen molar-refractivity contribution in [1.82, 2.24) is 0 Å². The van der Waals surface area contributed by atoms with Crippen LogP contribution in [0, 0.1) is 0 Å². The number of rotatable bonds is 6. The molecule has 2 heterocycles. The highest BCUT2D eigenvalue weighted by Gasteiger charge is 2.47. The van der Waals surface area contributed by atoms with E-state index in [1.165, 1.54) is 26.4 Å². The fourth-order valence-electron chi connectivity index (χ4n) is 3.78. The second kappa shape index (κ2) is 9.86. The Hall–Kier alpha value is -4.02. The highest BCUT2D eigenvalue weighted by atomic mass is 16.6. The number of hydrogen-bond acceptors (Lipinski definition) is 8. The lowest BCUT2D eigenvalue weighted by atomic mass is 10.1. The van der Waals surface area contributed by atoms with Gasteiger partial charge in [0.25, 0.3) is 0 Å². The minimum absolute atomic E-state index is 0.0677. The summed E-state index contributed by atoms with van der Waals surface area (Å²) in [5, 5.41) is 0. The predicted molar refractivity (Wildman–Crippen MR) is 120 cm³/mol. The van der Waals surface area contributed by atoms with Crippen molar-refractivity contribution in [3.63, 3.8) is 0 Å². The first-order valence-electron chi connectivity index (χ1n) is 10.4. The van der Waals surface area contributed by atoms with E-state index in [0.29, 0.717) is 0 Å². The third kappa shape index (κ3) is 3.93. The maximum atomic E-state index is 13.5. The number of ether oxygens (including phenoxy) is 4. The van der Waals surface area contributed by atoms with Crippen LogP contribution < -0.4 is 9.80 Å². The van der Waals surface area contributed by atoms with E-state index in [0.717, 1.165) is 9.80 Å². The Bertz CT molecular complexity index is 1100. The van der Waals surface area contributed by atoms with Gasteiger partial charge in [-0.2, -0.15) is 0 Å². The Morgan fingerprint density at radius 2 is 1.03 bits per heavy atom. The molecule has 0 saturated heterocycles. The Balaban J connectivity index is 1.86. The predicted octanol–water partition coefficient (Wildman–Crippen LogP) is 3.17. The molecule has 0 radical (unpaired) electrons. The van der Waals surface area contributed by atoms with Crippen molar-refractivity contribution in [3.05, 3.63) is 71.1 Å². The van der Waals surface area contributed by atoms with Gasteiger partial charge in [0.1, 0.15) is 24.6 Å². The Kier molecular flexibility index (Phi) is 6.71. The number of fused-ring (bicyclic) bond motifs is 2. The SMILES string of the molecule is COCCOC(=O)N1/C(=C2\C(=O)c3ccccc3N2C(=O)OCCOC)C(=O)c2ccccc21. The maximum Gasteiger partial charge on any atom is 0.419 e. The topological polar surface area (TPSA) is 112 Å². The van der Waals surface area contributed by atoms with Crippen LogP contribution in [0.15, 0.2) is 59.9 Å². The molecule has 0 N–H and O–H groups in total. The van der Waals surface area contributed by atoms with E-state index in [1.807, 2.05) is 0 Å². The van der Waals surface area contributed by atoms with E-state index in [4.69, 9.17) is 18.9 Å². The molecular weight excluding hydrogens is 444 g/mol.